The Balaban J connectivity index is 2.07. The molecule has 3 nitrogen and oxygen atoms in total. The van der Waals surface area contributed by atoms with E-state index in [-0.39, 0.29) is 0 Å². The summed E-state index contributed by atoms with van der Waals surface area (Å²) in [5.74, 6) is 2.61. The van der Waals surface area contributed by atoms with Gasteiger partial charge >= 0.3 is 0 Å². The minimum atomic E-state index is 0.873. The van der Waals surface area contributed by atoms with Gasteiger partial charge in [0.2, 0.25) is 0 Å². The Hall–Kier alpha value is -2.86. The van der Waals surface area contributed by atoms with Crippen molar-refractivity contribution in [3.63, 3.8) is 0 Å². The molecule has 3 rings (SSSR count). The smallest absolute Gasteiger partial charge is 0.0729 e. The number of nitrogens with one attached hydrogen (secondary N) is 1. The Labute approximate surface area is 111 Å². The number of pyridine rings is 1. The Kier molecular flexibility index (Phi) is 2.83. The number of aromatic amines is 1. The number of hydrogen-bond donors (Lipinski definition) is 1. The molecule has 2 heterocycles. The van der Waals surface area contributed by atoms with Gasteiger partial charge in [-0.3, -0.25) is 10.1 Å². The topological polar surface area (TPSA) is 41.6 Å². The van der Waals surface area contributed by atoms with E-state index >= 15 is 0 Å². The Morgan fingerprint density at radius 1 is 0.947 bits per heavy atom. The first-order chi connectivity index (χ1) is 9.38. The maximum absolute atomic E-state index is 5.36. The predicted molar refractivity (Wildman–Crippen MR) is 75.2 cm³/mol. The van der Waals surface area contributed by atoms with Crippen LogP contribution in [0.5, 0.6) is 0 Å². The fraction of sp³-hybridized carbons (Fsp3) is 0. The lowest BCUT2D eigenvalue weighted by molar-refractivity contribution is 1.09. The molecule has 0 aliphatic heterocycles. The van der Waals surface area contributed by atoms with E-state index in [0.29, 0.717) is 0 Å². The summed E-state index contributed by atoms with van der Waals surface area (Å²) in [5.41, 5.74) is 5.05. The van der Waals surface area contributed by atoms with Crippen molar-refractivity contribution in [1.82, 2.24) is 15.2 Å². The van der Waals surface area contributed by atoms with Gasteiger partial charge in [0.25, 0.3) is 0 Å². The molecule has 0 amide bonds. The molecular weight excluding hydrogens is 234 g/mol. The number of H-pyrrole nitrogens is 1. The van der Waals surface area contributed by atoms with Gasteiger partial charge in [0.05, 0.1) is 11.9 Å². The molecule has 3 aromatic rings. The number of benzene rings is 1. The van der Waals surface area contributed by atoms with Gasteiger partial charge in [0.15, 0.2) is 0 Å². The molecule has 0 saturated heterocycles. The third-order valence-electron chi connectivity index (χ3n) is 2.97. The lowest BCUT2D eigenvalue weighted by Gasteiger charge is -2.03. The second-order valence-corrected chi connectivity index (χ2v) is 4.12. The molecule has 0 saturated carbocycles. The Bertz CT molecular complexity index is 719. The highest BCUT2D eigenvalue weighted by Gasteiger charge is 2.09. The number of aromatic nitrogens is 3. The van der Waals surface area contributed by atoms with Gasteiger partial charge in [-0.25, -0.2) is 0 Å². The summed E-state index contributed by atoms with van der Waals surface area (Å²) in [6.07, 6.45) is 10.7. The highest BCUT2D eigenvalue weighted by Crippen LogP contribution is 2.29. The van der Waals surface area contributed by atoms with Crippen LogP contribution in [0, 0.1) is 12.3 Å². The summed E-state index contributed by atoms with van der Waals surface area (Å²) in [6, 6.07) is 11.8. The van der Waals surface area contributed by atoms with E-state index in [1.165, 1.54) is 0 Å². The molecule has 1 N–H and O–H groups in total. The van der Waals surface area contributed by atoms with Gasteiger partial charge in [0.1, 0.15) is 0 Å². The van der Waals surface area contributed by atoms with Crippen molar-refractivity contribution in [3.8, 4) is 34.7 Å². The molecule has 90 valence electrons. The van der Waals surface area contributed by atoms with E-state index in [1.54, 1.807) is 12.4 Å². The zero-order valence-electron chi connectivity index (χ0n) is 10.2. The largest absolute Gasteiger partial charge is 0.277 e. The number of rotatable bonds is 2. The van der Waals surface area contributed by atoms with Crippen molar-refractivity contribution in [1.29, 1.82) is 0 Å². The highest BCUT2D eigenvalue weighted by atomic mass is 15.1. The van der Waals surface area contributed by atoms with Gasteiger partial charge in [0, 0.05) is 29.1 Å². The molecule has 3 heteroatoms. The fourth-order valence-electron chi connectivity index (χ4n) is 1.99. The predicted octanol–water partition coefficient (Wildman–Crippen LogP) is 3.12. The van der Waals surface area contributed by atoms with Crippen LogP contribution in [0.4, 0.5) is 0 Å². The second kappa shape index (κ2) is 4.79. The van der Waals surface area contributed by atoms with Crippen molar-refractivity contribution in [2.75, 3.05) is 0 Å². The monoisotopic (exact) mass is 245 g/mol. The van der Waals surface area contributed by atoms with Crippen LogP contribution in [0.2, 0.25) is 0 Å². The first kappa shape index (κ1) is 11.2. The van der Waals surface area contributed by atoms with Crippen LogP contribution in [0.25, 0.3) is 22.4 Å². The SMILES string of the molecule is C#Cc1ccc(-c2cn[nH]c2-c2ccncc2)cc1. The van der Waals surface area contributed by atoms with Crippen molar-refractivity contribution in [2.24, 2.45) is 0 Å². The van der Waals surface area contributed by atoms with Crippen LogP contribution in [0.15, 0.2) is 55.0 Å². The standard InChI is InChI=1S/C16H11N3/c1-2-12-3-5-13(6-4-12)15-11-18-19-16(15)14-7-9-17-10-8-14/h1,3-11H,(H,18,19). The quantitative estimate of drug-likeness (QED) is 0.705. The van der Waals surface area contributed by atoms with Crippen LogP contribution >= 0.6 is 0 Å². The molecule has 0 unspecified atom stereocenters. The van der Waals surface area contributed by atoms with Gasteiger partial charge in [-0.2, -0.15) is 5.10 Å². The van der Waals surface area contributed by atoms with Gasteiger partial charge in [-0.1, -0.05) is 18.1 Å². The van der Waals surface area contributed by atoms with Crippen LogP contribution < -0.4 is 0 Å². The van der Waals surface area contributed by atoms with Crippen LogP contribution in [0.3, 0.4) is 0 Å². The third kappa shape index (κ3) is 2.12. The average Bonchev–Trinajstić information content (AvgIpc) is 2.98. The van der Waals surface area contributed by atoms with Gasteiger partial charge in [-0.15, -0.1) is 6.42 Å². The lowest BCUT2D eigenvalue weighted by Crippen LogP contribution is -1.83. The summed E-state index contributed by atoms with van der Waals surface area (Å²) < 4.78 is 0. The minimum Gasteiger partial charge on any atom is -0.277 e. The maximum atomic E-state index is 5.36. The molecule has 1 aromatic carbocycles. The minimum absolute atomic E-state index is 0.873. The zero-order valence-corrected chi connectivity index (χ0v) is 10.2. The third-order valence-corrected chi connectivity index (χ3v) is 2.97. The molecule has 0 atom stereocenters. The fourth-order valence-corrected chi connectivity index (χ4v) is 1.99. The van der Waals surface area contributed by atoms with Crippen molar-refractivity contribution >= 4 is 0 Å². The molecule has 0 fully saturated rings. The summed E-state index contributed by atoms with van der Waals surface area (Å²) >= 11 is 0. The van der Waals surface area contributed by atoms with E-state index in [2.05, 4.69) is 21.1 Å². The van der Waals surface area contributed by atoms with E-state index in [9.17, 15) is 0 Å². The molecule has 0 radical (unpaired) electrons. The molecule has 0 bridgehead atoms. The molecular formula is C16H11N3. The zero-order chi connectivity index (χ0) is 13.1. The van der Waals surface area contributed by atoms with E-state index in [1.807, 2.05) is 42.6 Å². The van der Waals surface area contributed by atoms with Gasteiger partial charge in [-0.05, 0) is 29.8 Å². The van der Waals surface area contributed by atoms with E-state index in [4.69, 9.17) is 6.42 Å². The first-order valence-corrected chi connectivity index (χ1v) is 5.89. The summed E-state index contributed by atoms with van der Waals surface area (Å²) in [5, 5.41) is 7.16. The van der Waals surface area contributed by atoms with E-state index < -0.39 is 0 Å². The van der Waals surface area contributed by atoms with Crippen molar-refractivity contribution in [3.05, 3.63) is 60.6 Å². The number of nitrogens with zero attached hydrogens (tertiary/aromatic N) is 2. The number of terminal acetylenes is 1. The average molecular weight is 245 g/mol. The maximum Gasteiger partial charge on any atom is 0.0729 e. The molecule has 0 aliphatic rings. The second-order valence-electron chi connectivity index (χ2n) is 4.12. The summed E-state index contributed by atoms with van der Waals surface area (Å²) in [6.45, 7) is 0. The van der Waals surface area contributed by atoms with E-state index in [0.717, 1.165) is 27.9 Å². The summed E-state index contributed by atoms with van der Waals surface area (Å²) in [7, 11) is 0. The molecule has 0 spiro atoms. The van der Waals surface area contributed by atoms with Crippen LogP contribution in [0.1, 0.15) is 5.56 Å². The lowest BCUT2D eigenvalue weighted by atomic mass is 10.0. The Morgan fingerprint density at radius 2 is 1.68 bits per heavy atom. The Morgan fingerprint density at radius 3 is 2.37 bits per heavy atom. The van der Waals surface area contributed by atoms with Crippen LogP contribution in [-0.2, 0) is 0 Å². The molecule has 19 heavy (non-hydrogen) atoms. The normalized spacial score (nSPS) is 10.1. The number of hydrogen-bond acceptors (Lipinski definition) is 2. The highest BCUT2D eigenvalue weighted by molar-refractivity contribution is 5.80. The van der Waals surface area contributed by atoms with Crippen molar-refractivity contribution in [2.45, 2.75) is 0 Å². The van der Waals surface area contributed by atoms with Crippen LogP contribution in [-0.4, -0.2) is 15.2 Å². The van der Waals surface area contributed by atoms with Gasteiger partial charge < -0.3 is 0 Å². The summed E-state index contributed by atoms with van der Waals surface area (Å²) in [4.78, 5) is 4.02. The molecule has 2 aromatic heterocycles. The molecule has 0 aliphatic carbocycles. The van der Waals surface area contributed by atoms with Crippen molar-refractivity contribution < 1.29 is 0 Å². The first-order valence-electron chi connectivity index (χ1n) is 5.89.